The van der Waals surface area contributed by atoms with Crippen molar-refractivity contribution in [1.29, 1.82) is 0 Å². The normalized spacial score (nSPS) is 19.9. The van der Waals surface area contributed by atoms with Crippen LogP contribution >= 0.6 is 0 Å². The second kappa shape index (κ2) is 5.15. The number of aromatic hydroxyl groups is 1. The number of carbonyl (C=O) groups is 2. The molecule has 108 valence electrons. The van der Waals surface area contributed by atoms with Crippen molar-refractivity contribution in [1.82, 2.24) is 10.2 Å². The molecule has 1 aliphatic heterocycles. The van der Waals surface area contributed by atoms with E-state index in [9.17, 15) is 14.7 Å². The molecule has 1 unspecified atom stereocenters. The van der Waals surface area contributed by atoms with Crippen molar-refractivity contribution in [3.8, 4) is 5.75 Å². The number of rotatable bonds is 2. The van der Waals surface area contributed by atoms with Crippen LogP contribution in [-0.4, -0.2) is 34.4 Å². The molecule has 1 aliphatic rings. The van der Waals surface area contributed by atoms with Crippen LogP contribution in [0, 0.1) is 5.41 Å². The van der Waals surface area contributed by atoms with Crippen molar-refractivity contribution in [2.45, 2.75) is 33.4 Å². The number of amides is 2. The van der Waals surface area contributed by atoms with E-state index in [1.807, 2.05) is 20.8 Å². The van der Waals surface area contributed by atoms with E-state index < -0.39 is 6.04 Å². The third kappa shape index (κ3) is 2.92. The smallest absolute Gasteiger partial charge is 0.243 e. The van der Waals surface area contributed by atoms with Gasteiger partial charge in [0, 0.05) is 6.54 Å². The van der Waals surface area contributed by atoms with E-state index in [4.69, 9.17) is 0 Å². The molecule has 0 spiro atoms. The summed E-state index contributed by atoms with van der Waals surface area (Å²) in [5, 5.41) is 11.9. The third-order valence-electron chi connectivity index (χ3n) is 3.40. The Bertz CT molecular complexity index is 517. The zero-order valence-corrected chi connectivity index (χ0v) is 12.0. The van der Waals surface area contributed by atoms with E-state index in [1.54, 1.807) is 29.2 Å². The second-order valence-electron chi connectivity index (χ2n) is 6.17. The van der Waals surface area contributed by atoms with Gasteiger partial charge < -0.3 is 15.3 Å². The maximum Gasteiger partial charge on any atom is 0.243 e. The average Bonchev–Trinajstić information content (AvgIpc) is 2.35. The summed E-state index contributed by atoms with van der Waals surface area (Å²) < 4.78 is 0. The molecular weight excluding hydrogens is 256 g/mol. The highest BCUT2D eigenvalue weighted by molar-refractivity contribution is 5.95. The molecule has 2 N–H and O–H groups in total. The molecule has 0 aromatic heterocycles. The number of piperazine rings is 1. The van der Waals surface area contributed by atoms with E-state index in [0.29, 0.717) is 6.54 Å². The maximum absolute atomic E-state index is 12.1. The lowest BCUT2D eigenvalue weighted by atomic mass is 9.83. The molecule has 0 bridgehead atoms. The van der Waals surface area contributed by atoms with E-state index >= 15 is 0 Å². The van der Waals surface area contributed by atoms with Crippen LogP contribution in [-0.2, 0) is 16.1 Å². The first kappa shape index (κ1) is 14.4. The van der Waals surface area contributed by atoms with Gasteiger partial charge in [0.2, 0.25) is 11.8 Å². The van der Waals surface area contributed by atoms with Crippen molar-refractivity contribution in [3.05, 3.63) is 29.8 Å². The number of nitrogens with one attached hydrogen (secondary N) is 1. The molecule has 1 aromatic carbocycles. The molecule has 0 radical (unpaired) electrons. The van der Waals surface area contributed by atoms with E-state index in [1.165, 1.54) is 0 Å². The Morgan fingerprint density at radius 3 is 2.40 bits per heavy atom. The van der Waals surface area contributed by atoms with Crippen molar-refractivity contribution in [2.75, 3.05) is 6.54 Å². The molecule has 1 atom stereocenters. The number of phenolic OH excluding ortho intramolecular Hbond substituents is 1. The maximum atomic E-state index is 12.1. The molecule has 2 amide bonds. The minimum absolute atomic E-state index is 0.0451. The zero-order chi connectivity index (χ0) is 14.9. The van der Waals surface area contributed by atoms with Gasteiger partial charge in [-0.15, -0.1) is 0 Å². The van der Waals surface area contributed by atoms with Gasteiger partial charge in [-0.05, 0) is 23.1 Å². The molecule has 5 heteroatoms. The predicted molar refractivity (Wildman–Crippen MR) is 74.9 cm³/mol. The zero-order valence-electron chi connectivity index (χ0n) is 12.0. The molecule has 1 aromatic rings. The topological polar surface area (TPSA) is 69.6 Å². The number of benzene rings is 1. The Morgan fingerprint density at radius 1 is 1.25 bits per heavy atom. The third-order valence-corrected chi connectivity index (χ3v) is 3.40. The molecule has 1 fully saturated rings. The minimum Gasteiger partial charge on any atom is -0.508 e. The summed E-state index contributed by atoms with van der Waals surface area (Å²) in [6.07, 6.45) is 0. The fourth-order valence-corrected chi connectivity index (χ4v) is 2.48. The quantitative estimate of drug-likeness (QED) is 0.854. The highest BCUT2D eigenvalue weighted by Crippen LogP contribution is 2.28. The number of nitrogens with zero attached hydrogens (tertiary/aromatic N) is 1. The van der Waals surface area contributed by atoms with Gasteiger partial charge in [0.05, 0.1) is 6.54 Å². The van der Waals surface area contributed by atoms with Gasteiger partial charge in [-0.3, -0.25) is 9.59 Å². The van der Waals surface area contributed by atoms with Crippen LogP contribution in [0.25, 0.3) is 0 Å². The second-order valence-corrected chi connectivity index (χ2v) is 6.17. The SMILES string of the molecule is CC(C)(C)C1C(=O)NCC(=O)N1Cc1ccc(O)cc1. The number of hydrogen-bond donors (Lipinski definition) is 2. The summed E-state index contributed by atoms with van der Waals surface area (Å²) in [7, 11) is 0. The molecule has 1 saturated heterocycles. The Hall–Kier alpha value is -2.04. The lowest BCUT2D eigenvalue weighted by Crippen LogP contribution is -2.62. The Kier molecular flexibility index (Phi) is 3.70. The fourth-order valence-electron chi connectivity index (χ4n) is 2.48. The van der Waals surface area contributed by atoms with Crippen LogP contribution in [0.1, 0.15) is 26.3 Å². The van der Waals surface area contributed by atoms with Crippen LogP contribution in [0.15, 0.2) is 24.3 Å². The number of phenols is 1. The lowest BCUT2D eigenvalue weighted by Gasteiger charge is -2.42. The Labute approximate surface area is 118 Å². The molecular formula is C15H20N2O3. The van der Waals surface area contributed by atoms with Crippen molar-refractivity contribution < 1.29 is 14.7 Å². The predicted octanol–water partition coefficient (Wildman–Crippen LogP) is 1.27. The number of carbonyl (C=O) groups excluding carboxylic acids is 2. The first-order chi connectivity index (χ1) is 9.29. The molecule has 5 nitrogen and oxygen atoms in total. The monoisotopic (exact) mass is 276 g/mol. The standard InChI is InChI=1S/C15H20N2O3/c1-15(2,3)13-14(20)16-8-12(19)17(13)9-10-4-6-11(18)7-5-10/h4-7,13,18H,8-9H2,1-3H3,(H,16,20). The van der Waals surface area contributed by atoms with Gasteiger partial charge in [0.25, 0.3) is 0 Å². The van der Waals surface area contributed by atoms with Crippen LogP contribution in [0.4, 0.5) is 0 Å². The van der Waals surface area contributed by atoms with Gasteiger partial charge >= 0.3 is 0 Å². The van der Waals surface area contributed by atoms with Crippen molar-refractivity contribution in [3.63, 3.8) is 0 Å². The van der Waals surface area contributed by atoms with Gasteiger partial charge in [-0.25, -0.2) is 0 Å². The number of hydrogen-bond acceptors (Lipinski definition) is 3. The fraction of sp³-hybridized carbons (Fsp3) is 0.467. The van der Waals surface area contributed by atoms with Crippen LogP contribution in [0.5, 0.6) is 5.75 Å². The van der Waals surface area contributed by atoms with Crippen LogP contribution < -0.4 is 5.32 Å². The molecule has 0 saturated carbocycles. The first-order valence-electron chi connectivity index (χ1n) is 6.64. The van der Waals surface area contributed by atoms with Gasteiger partial charge in [-0.2, -0.15) is 0 Å². The average molecular weight is 276 g/mol. The summed E-state index contributed by atoms with van der Waals surface area (Å²) >= 11 is 0. The molecule has 2 rings (SSSR count). The molecule has 20 heavy (non-hydrogen) atoms. The Morgan fingerprint density at radius 2 is 1.85 bits per heavy atom. The van der Waals surface area contributed by atoms with Crippen molar-refractivity contribution in [2.24, 2.45) is 5.41 Å². The first-order valence-corrected chi connectivity index (χ1v) is 6.64. The lowest BCUT2D eigenvalue weighted by molar-refractivity contribution is -0.150. The highest BCUT2D eigenvalue weighted by Gasteiger charge is 2.41. The van der Waals surface area contributed by atoms with Gasteiger partial charge in [0.1, 0.15) is 11.8 Å². The largest absolute Gasteiger partial charge is 0.508 e. The summed E-state index contributed by atoms with van der Waals surface area (Å²) in [6.45, 7) is 6.25. The summed E-state index contributed by atoms with van der Waals surface area (Å²) in [4.78, 5) is 25.8. The minimum atomic E-state index is -0.488. The van der Waals surface area contributed by atoms with E-state index in [2.05, 4.69) is 5.32 Å². The van der Waals surface area contributed by atoms with Crippen molar-refractivity contribution >= 4 is 11.8 Å². The van der Waals surface area contributed by atoms with Crippen LogP contribution in [0.3, 0.4) is 0 Å². The van der Waals surface area contributed by atoms with Gasteiger partial charge in [0.15, 0.2) is 0 Å². The van der Waals surface area contributed by atoms with E-state index in [-0.39, 0.29) is 29.5 Å². The summed E-state index contributed by atoms with van der Waals surface area (Å²) in [5.74, 6) is -0.0164. The summed E-state index contributed by atoms with van der Waals surface area (Å²) in [6, 6.07) is 6.19. The Balaban J connectivity index is 2.27. The highest BCUT2D eigenvalue weighted by atomic mass is 16.3. The van der Waals surface area contributed by atoms with Gasteiger partial charge in [-0.1, -0.05) is 32.9 Å². The summed E-state index contributed by atoms with van der Waals surface area (Å²) in [5.41, 5.74) is 0.553. The molecule has 1 heterocycles. The van der Waals surface area contributed by atoms with Crippen LogP contribution in [0.2, 0.25) is 0 Å². The van der Waals surface area contributed by atoms with E-state index in [0.717, 1.165) is 5.56 Å². The molecule has 0 aliphatic carbocycles.